The van der Waals surface area contributed by atoms with E-state index < -0.39 is 5.82 Å². The molecule has 5 heteroatoms. The third-order valence-corrected chi connectivity index (χ3v) is 3.52. The Morgan fingerprint density at radius 2 is 1.81 bits per heavy atom. The number of rotatable bonds is 3. The molecule has 3 nitrogen and oxygen atoms in total. The van der Waals surface area contributed by atoms with Crippen LogP contribution in [0, 0.1) is 5.82 Å². The molecule has 0 amide bonds. The van der Waals surface area contributed by atoms with Crippen LogP contribution in [0.2, 0.25) is 5.02 Å². The first-order chi connectivity index (χ1) is 10.1. The van der Waals surface area contributed by atoms with Crippen LogP contribution in [0.3, 0.4) is 0 Å². The molecule has 3 rings (SSSR count). The predicted octanol–water partition coefficient (Wildman–Crippen LogP) is 3.85. The molecule has 2 aromatic carbocycles. The summed E-state index contributed by atoms with van der Waals surface area (Å²) in [5.41, 5.74) is 2.34. The first kappa shape index (κ1) is 13.6. The van der Waals surface area contributed by atoms with Crippen LogP contribution in [-0.2, 0) is 6.42 Å². The Hall–Kier alpha value is -2.33. The molecule has 0 unspecified atom stereocenters. The van der Waals surface area contributed by atoms with Gasteiger partial charge in [-0.15, -0.1) is 0 Å². The molecular formula is C16H10ClFN2O. The van der Waals surface area contributed by atoms with Crippen molar-refractivity contribution >= 4 is 28.4 Å². The van der Waals surface area contributed by atoms with Gasteiger partial charge in [-0.3, -0.25) is 14.8 Å². The lowest BCUT2D eigenvalue weighted by molar-refractivity contribution is 0.0993. The highest BCUT2D eigenvalue weighted by Gasteiger charge is 2.11. The van der Waals surface area contributed by atoms with Gasteiger partial charge >= 0.3 is 0 Å². The zero-order valence-electron chi connectivity index (χ0n) is 10.9. The predicted molar refractivity (Wildman–Crippen MR) is 79.0 cm³/mol. The summed E-state index contributed by atoms with van der Waals surface area (Å²) in [6.07, 6.45) is 3.21. The maximum Gasteiger partial charge on any atom is 0.167 e. The Labute approximate surface area is 125 Å². The highest BCUT2D eigenvalue weighted by atomic mass is 35.5. The monoisotopic (exact) mass is 300 g/mol. The quantitative estimate of drug-likeness (QED) is 0.690. The summed E-state index contributed by atoms with van der Waals surface area (Å²) in [6, 6.07) is 9.10. The van der Waals surface area contributed by atoms with E-state index in [2.05, 4.69) is 9.97 Å². The van der Waals surface area contributed by atoms with Gasteiger partial charge in [-0.25, -0.2) is 4.39 Å². The molecule has 0 aliphatic carbocycles. The second-order valence-electron chi connectivity index (χ2n) is 4.60. The van der Waals surface area contributed by atoms with Gasteiger partial charge in [0.15, 0.2) is 5.78 Å². The van der Waals surface area contributed by atoms with E-state index in [0.29, 0.717) is 21.7 Å². The number of benzene rings is 2. The van der Waals surface area contributed by atoms with E-state index in [1.165, 1.54) is 18.2 Å². The van der Waals surface area contributed by atoms with Crippen LogP contribution in [0.25, 0.3) is 11.0 Å². The largest absolute Gasteiger partial charge is 0.294 e. The van der Waals surface area contributed by atoms with Gasteiger partial charge in [-0.2, -0.15) is 0 Å². The van der Waals surface area contributed by atoms with Crippen molar-refractivity contribution in [1.82, 2.24) is 9.97 Å². The van der Waals surface area contributed by atoms with Gasteiger partial charge in [0.2, 0.25) is 0 Å². The molecule has 0 spiro atoms. The fraction of sp³-hybridized carbons (Fsp3) is 0.0625. The summed E-state index contributed by atoms with van der Waals surface area (Å²) < 4.78 is 13.2. The van der Waals surface area contributed by atoms with Gasteiger partial charge in [0.05, 0.1) is 11.0 Å². The summed E-state index contributed by atoms with van der Waals surface area (Å²) in [5, 5.41) is 0.380. The third kappa shape index (κ3) is 2.90. The summed E-state index contributed by atoms with van der Waals surface area (Å²) >= 11 is 5.98. The van der Waals surface area contributed by atoms with Crippen LogP contribution in [0.4, 0.5) is 4.39 Å². The average Bonchev–Trinajstić information content (AvgIpc) is 2.50. The van der Waals surface area contributed by atoms with E-state index in [9.17, 15) is 9.18 Å². The standard InChI is InChI=1S/C16H10ClFN2O/c17-13-3-2-12(18)7-11(13)9-16(21)10-1-4-14-15(8-10)20-6-5-19-14/h1-8H,9H2. The van der Waals surface area contributed by atoms with Crippen molar-refractivity contribution in [2.24, 2.45) is 0 Å². The molecule has 1 heterocycles. The molecule has 0 saturated heterocycles. The first-order valence-corrected chi connectivity index (χ1v) is 6.69. The van der Waals surface area contributed by atoms with E-state index in [1.807, 2.05) is 0 Å². The maximum absolute atomic E-state index is 13.2. The second kappa shape index (κ2) is 5.58. The molecule has 0 aliphatic rings. The van der Waals surface area contributed by atoms with Gasteiger partial charge in [-0.05, 0) is 42.0 Å². The summed E-state index contributed by atoms with van der Waals surface area (Å²) in [6.45, 7) is 0. The van der Waals surface area contributed by atoms with E-state index >= 15 is 0 Å². The number of hydrogen-bond donors (Lipinski definition) is 0. The number of fused-ring (bicyclic) bond motifs is 1. The Balaban J connectivity index is 1.91. The molecule has 0 N–H and O–H groups in total. The lowest BCUT2D eigenvalue weighted by Crippen LogP contribution is -2.04. The molecule has 0 radical (unpaired) electrons. The highest BCUT2D eigenvalue weighted by molar-refractivity contribution is 6.31. The molecule has 0 aliphatic heterocycles. The van der Waals surface area contributed by atoms with Crippen molar-refractivity contribution in [2.75, 3.05) is 0 Å². The van der Waals surface area contributed by atoms with Crippen molar-refractivity contribution in [3.05, 3.63) is 70.8 Å². The van der Waals surface area contributed by atoms with E-state index in [4.69, 9.17) is 11.6 Å². The summed E-state index contributed by atoms with van der Waals surface area (Å²) in [7, 11) is 0. The molecule has 1 aromatic heterocycles. The molecule has 21 heavy (non-hydrogen) atoms. The first-order valence-electron chi connectivity index (χ1n) is 6.31. The number of carbonyl (C=O) groups excluding carboxylic acids is 1. The van der Waals surface area contributed by atoms with E-state index in [-0.39, 0.29) is 12.2 Å². The molecule has 0 bridgehead atoms. The van der Waals surface area contributed by atoms with Gasteiger partial charge in [0.25, 0.3) is 0 Å². The minimum Gasteiger partial charge on any atom is -0.294 e. The number of Topliss-reactive ketones (excluding diaryl/α,β-unsaturated/α-hetero) is 1. The number of ketones is 1. The lowest BCUT2D eigenvalue weighted by atomic mass is 10.0. The number of hydrogen-bond acceptors (Lipinski definition) is 3. The lowest BCUT2D eigenvalue weighted by Gasteiger charge is -2.05. The van der Waals surface area contributed by atoms with Crippen LogP contribution in [0.15, 0.2) is 48.8 Å². The Bertz CT molecular complexity index is 835. The van der Waals surface area contributed by atoms with Crippen molar-refractivity contribution < 1.29 is 9.18 Å². The van der Waals surface area contributed by atoms with Gasteiger partial charge in [0.1, 0.15) is 5.82 Å². The fourth-order valence-corrected chi connectivity index (χ4v) is 2.27. The normalized spacial score (nSPS) is 10.8. The fourth-order valence-electron chi connectivity index (χ4n) is 2.09. The Morgan fingerprint density at radius 1 is 1.05 bits per heavy atom. The van der Waals surface area contributed by atoms with Crippen molar-refractivity contribution in [3.8, 4) is 0 Å². The van der Waals surface area contributed by atoms with Crippen LogP contribution in [0.5, 0.6) is 0 Å². The zero-order chi connectivity index (χ0) is 14.8. The minimum atomic E-state index is -0.411. The van der Waals surface area contributed by atoms with E-state index in [0.717, 1.165) is 5.52 Å². The Kier molecular flexibility index (Phi) is 3.62. The smallest absolute Gasteiger partial charge is 0.167 e. The van der Waals surface area contributed by atoms with Crippen LogP contribution in [0.1, 0.15) is 15.9 Å². The number of nitrogens with zero attached hydrogens (tertiary/aromatic N) is 2. The summed E-state index contributed by atoms with van der Waals surface area (Å²) in [4.78, 5) is 20.6. The van der Waals surface area contributed by atoms with Crippen LogP contribution in [-0.4, -0.2) is 15.8 Å². The van der Waals surface area contributed by atoms with E-state index in [1.54, 1.807) is 30.6 Å². The molecule has 0 atom stereocenters. The van der Waals surface area contributed by atoms with Crippen LogP contribution >= 0.6 is 11.6 Å². The minimum absolute atomic E-state index is 0.0440. The number of halogens is 2. The SMILES string of the molecule is O=C(Cc1cc(F)ccc1Cl)c1ccc2nccnc2c1. The summed E-state index contributed by atoms with van der Waals surface area (Å²) in [5.74, 6) is -0.554. The second-order valence-corrected chi connectivity index (χ2v) is 5.00. The maximum atomic E-state index is 13.2. The molecule has 0 saturated carbocycles. The third-order valence-electron chi connectivity index (χ3n) is 3.15. The average molecular weight is 301 g/mol. The van der Waals surface area contributed by atoms with Crippen LogP contribution < -0.4 is 0 Å². The topological polar surface area (TPSA) is 42.9 Å². The molecular weight excluding hydrogens is 291 g/mol. The van der Waals surface area contributed by atoms with Gasteiger partial charge in [-0.1, -0.05) is 11.6 Å². The molecule has 0 fully saturated rings. The number of carbonyl (C=O) groups is 1. The highest BCUT2D eigenvalue weighted by Crippen LogP contribution is 2.20. The van der Waals surface area contributed by atoms with Crippen molar-refractivity contribution in [1.29, 1.82) is 0 Å². The van der Waals surface area contributed by atoms with Crippen molar-refractivity contribution in [2.45, 2.75) is 6.42 Å². The number of aromatic nitrogens is 2. The van der Waals surface area contributed by atoms with Crippen molar-refractivity contribution in [3.63, 3.8) is 0 Å². The molecule has 104 valence electrons. The Morgan fingerprint density at radius 3 is 2.62 bits per heavy atom. The van der Waals surface area contributed by atoms with Gasteiger partial charge < -0.3 is 0 Å². The zero-order valence-corrected chi connectivity index (χ0v) is 11.6. The van der Waals surface area contributed by atoms with Gasteiger partial charge in [0, 0.05) is 29.4 Å². The molecule has 3 aromatic rings.